The van der Waals surface area contributed by atoms with Crippen LogP contribution in [0.2, 0.25) is 0 Å². The maximum Gasteiger partial charge on any atom is 0.490 e. The first-order chi connectivity index (χ1) is 21.4. The minimum Gasteiger partial charge on any atom is -0.475 e. The number of esters is 1. The zero-order valence-electron chi connectivity index (χ0n) is 24.6. The van der Waals surface area contributed by atoms with Crippen LogP contribution in [0.3, 0.4) is 0 Å². The van der Waals surface area contributed by atoms with Gasteiger partial charge in [0.15, 0.2) is 0 Å². The molecular formula is C29H30F6N4O7. The third-order valence-electron chi connectivity index (χ3n) is 7.65. The van der Waals surface area contributed by atoms with E-state index >= 15 is 0 Å². The van der Waals surface area contributed by atoms with Crippen LogP contribution in [0.5, 0.6) is 0 Å². The number of nitrogens with one attached hydrogen (secondary N) is 2. The number of alkyl halides is 6. The topological polar surface area (TPSA) is 145 Å². The Morgan fingerprint density at radius 2 is 1.57 bits per heavy atom. The highest BCUT2D eigenvalue weighted by atomic mass is 19.4. The fourth-order valence-corrected chi connectivity index (χ4v) is 5.49. The number of fused-ring (bicyclic) bond motifs is 1. The molecule has 2 aromatic rings. The number of hydrogen-bond donors (Lipinski definition) is 3. The first-order valence-electron chi connectivity index (χ1n) is 13.6. The molecule has 250 valence electrons. The lowest BCUT2D eigenvalue weighted by atomic mass is 9.76. The van der Waals surface area contributed by atoms with Crippen molar-refractivity contribution in [3.8, 4) is 0 Å². The Bertz CT molecular complexity index is 1450. The molecule has 0 unspecified atom stereocenters. The van der Waals surface area contributed by atoms with Crippen molar-refractivity contribution in [3.05, 3.63) is 65.7 Å². The van der Waals surface area contributed by atoms with Crippen LogP contribution in [0.25, 0.3) is 0 Å². The van der Waals surface area contributed by atoms with E-state index in [4.69, 9.17) is 14.6 Å². The molecule has 2 aliphatic rings. The second kappa shape index (κ2) is 13.8. The van der Waals surface area contributed by atoms with E-state index in [1.807, 2.05) is 6.07 Å². The number of rotatable bonds is 7. The van der Waals surface area contributed by atoms with E-state index in [0.29, 0.717) is 0 Å². The Labute approximate surface area is 258 Å². The highest BCUT2D eigenvalue weighted by Crippen LogP contribution is 2.45. The maximum atomic E-state index is 13.3. The van der Waals surface area contributed by atoms with Gasteiger partial charge in [-0.1, -0.05) is 30.3 Å². The second-order valence-electron chi connectivity index (χ2n) is 10.5. The maximum absolute atomic E-state index is 13.3. The van der Waals surface area contributed by atoms with Crippen molar-refractivity contribution in [2.24, 2.45) is 11.8 Å². The molecule has 46 heavy (non-hydrogen) atoms. The van der Waals surface area contributed by atoms with Crippen molar-refractivity contribution in [2.45, 2.75) is 37.3 Å². The van der Waals surface area contributed by atoms with Crippen molar-refractivity contribution in [1.82, 2.24) is 15.1 Å². The molecule has 11 nitrogen and oxygen atoms in total. The number of likely N-dealkylation sites (tertiary alicyclic amines) is 1. The molecule has 0 bridgehead atoms. The minimum atomic E-state index is -5.08. The number of benzene rings is 2. The smallest absolute Gasteiger partial charge is 0.475 e. The first kappa shape index (κ1) is 35.8. The van der Waals surface area contributed by atoms with Gasteiger partial charge in [-0.05, 0) is 36.8 Å². The lowest BCUT2D eigenvalue weighted by Crippen LogP contribution is -2.59. The van der Waals surface area contributed by atoms with Crippen LogP contribution in [0.4, 0.5) is 36.8 Å². The molecule has 2 aromatic carbocycles. The monoisotopic (exact) mass is 660 g/mol. The molecule has 4 amide bonds. The van der Waals surface area contributed by atoms with Gasteiger partial charge in [-0.25, -0.2) is 9.59 Å². The normalized spacial score (nSPS) is 22.5. The van der Waals surface area contributed by atoms with Crippen LogP contribution in [0, 0.1) is 11.8 Å². The molecule has 2 fully saturated rings. The largest absolute Gasteiger partial charge is 0.490 e. The third-order valence-corrected chi connectivity index (χ3v) is 7.65. The van der Waals surface area contributed by atoms with Gasteiger partial charge in [0, 0.05) is 38.3 Å². The van der Waals surface area contributed by atoms with E-state index in [1.165, 1.54) is 19.1 Å². The van der Waals surface area contributed by atoms with Crippen LogP contribution < -0.4 is 10.6 Å². The molecule has 0 saturated carbocycles. The fraction of sp³-hybridized carbons (Fsp3) is 0.414. The predicted molar refractivity (Wildman–Crippen MR) is 148 cm³/mol. The van der Waals surface area contributed by atoms with Crippen LogP contribution in [-0.2, 0) is 36.5 Å². The van der Waals surface area contributed by atoms with E-state index in [2.05, 4.69) is 10.6 Å². The van der Waals surface area contributed by atoms with Crippen LogP contribution >= 0.6 is 0 Å². The summed E-state index contributed by atoms with van der Waals surface area (Å²) in [6.07, 6.45) is -9.51. The Balaban J connectivity index is 0.000000738. The number of anilines is 1. The summed E-state index contributed by atoms with van der Waals surface area (Å²) in [6, 6.07) is 11.6. The zero-order valence-corrected chi connectivity index (χ0v) is 24.6. The number of imide groups is 1. The quantitative estimate of drug-likeness (QED) is 0.232. The predicted octanol–water partition coefficient (Wildman–Crippen LogP) is 3.55. The molecule has 0 radical (unpaired) electrons. The van der Waals surface area contributed by atoms with Gasteiger partial charge < -0.3 is 20.1 Å². The van der Waals surface area contributed by atoms with Gasteiger partial charge in [0.25, 0.3) is 0 Å². The molecule has 2 aliphatic heterocycles. The van der Waals surface area contributed by atoms with Crippen molar-refractivity contribution in [1.29, 1.82) is 0 Å². The van der Waals surface area contributed by atoms with Crippen molar-refractivity contribution < 1.29 is 60.2 Å². The number of carbonyl (C=O) groups excluding carboxylic acids is 4. The Morgan fingerprint density at radius 3 is 2.04 bits per heavy atom. The SMILES string of the molecule is CCN(C[C@H]1N[C@@](Cc2ccccc2)(C(=O)OC)[C@H]2C(=O)N(C)C(=O)[C@@H]12)C(=O)Nc1ccc(C(F)(F)F)cc1.O=C(O)C(F)(F)F. The number of carboxylic acids is 1. The number of halogens is 6. The van der Waals surface area contributed by atoms with Gasteiger partial charge in [-0.3, -0.25) is 24.6 Å². The molecule has 0 aliphatic carbocycles. The zero-order chi connectivity index (χ0) is 34.6. The number of likely N-dealkylation sites (N-methyl/N-ethyl adjacent to an activating group) is 1. The summed E-state index contributed by atoms with van der Waals surface area (Å²) in [5.41, 5.74) is -1.49. The summed E-state index contributed by atoms with van der Waals surface area (Å²) >= 11 is 0. The average molecular weight is 661 g/mol. The lowest BCUT2D eigenvalue weighted by Gasteiger charge is -2.33. The van der Waals surface area contributed by atoms with Gasteiger partial charge >= 0.3 is 30.3 Å². The van der Waals surface area contributed by atoms with Crippen molar-refractivity contribution in [3.63, 3.8) is 0 Å². The highest BCUT2D eigenvalue weighted by Gasteiger charge is 2.68. The van der Waals surface area contributed by atoms with Gasteiger partial charge in [0.05, 0.1) is 24.5 Å². The molecule has 4 rings (SSSR count). The van der Waals surface area contributed by atoms with E-state index in [0.717, 1.165) is 34.7 Å². The van der Waals surface area contributed by atoms with Crippen molar-refractivity contribution in [2.75, 3.05) is 32.6 Å². The molecule has 2 saturated heterocycles. The summed E-state index contributed by atoms with van der Waals surface area (Å²) in [7, 11) is 2.57. The van der Waals surface area contributed by atoms with E-state index in [9.17, 15) is 45.5 Å². The summed E-state index contributed by atoms with van der Waals surface area (Å²) in [5, 5.41) is 12.9. The average Bonchev–Trinajstić information content (AvgIpc) is 3.43. The molecule has 0 spiro atoms. The first-order valence-corrected chi connectivity index (χ1v) is 13.6. The standard InChI is InChI=1S/C27H29F3N4O5.C2HF3O2/c1-4-34(25(38)31-18-12-10-17(11-13-18)27(28,29)30)15-19-20-21(23(36)33(2)22(20)35)26(32-19,24(37)39-3)14-16-8-6-5-7-9-16;3-2(4,5)1(6)7/h5-13,19-21,32H,4,14-15H2,1-3H3,(H,31,38);(H,6,7)/t19-,20+,21-,26-;/m1./s1. The highest BCUT2D eigenvalue weighted by molar-refractivity contribution is 6.09. The fourth-order valence-electron chi connectivity index (χ4n) is 5.49. The number of ether oxygens (including phenoxy) is 1. The van der Waals surface area contributed by atoms with Gasteiger partial charge in [0.1, 0.15) is 5.54 Å². The number of carboxylic acid groups (broad SMARTS) is 1. The summed E-state index contributed by atoms with van der Waals surface area (Å²) < 4.78 is 75.5. The van der Waals surface area contributed by atoms with Crippen LogP contribution in [0.15, 0.2) is 54.6 Å². The van der Waals surface area contributed by atoms with Gasteiger partial charge in [-0.2, -0.15) is 26.3 Å². The Hall–Kier alpha value is -4.67. The van der Waals surface area contributed by atoms with Crippen LogP contribution in [-0.4, -0.2) is 89.7 Å². The number of urea groups is 1. The van der Waals surface area contributed by atoms with E-state index < -0.39 is 71.1 Å². The number of carbonyl (C=O) groups is 5. The number of nitrogens with zero attached hydrogens (tertiary/aromatic N) is 2. The van der Waals surface area contributed by atoms with E-state index in [1.54, 1.807) is 31.2 Å². The number of methoxy groups -OCH3 is 1. The Morgan fingerprint density at radius 1 is 1.00 bits per heavy atom. The number of aliphatic carboxylic acids is 1. The number of amides is 4. The van der Waals surface area contributed by atoms with Crippen molar-refractivity contribution >= 4 is 35.5 Å². The Kier molecular flexibility index (Phi) is 10.7. The van der Waals surface area contributed by atoms with E-state index in [-0.39, 0.29) is 25.2 Å². The lowest BCUT2D eigenvalue weighted by molar-refractivity contribution is -0.192. The molecule has 3 N–H and O–H groups in total. The summed E-state index contributed by atoms with van der Waals surface area (Å²) in [4.78, 5) is 64.1. The van der Waals surface area contributed by atoms with Gasteiger partial charge in [0.2, 0.25) is 11.8 Å². The summed E-state index contributed by atoms with van der Waals surface area (Å²) in [6.45, 7) is 1.83. The van der Waals surface area contributed by atoms with Crippen LogP contribution in [0.1, 0.15) is 18.1 Å². The molecule has 4 atom stereocenters. The molecule has 2 heterocycles. The molecule has 0 aromatic heterocycles. The number of hydrogen-bond acceptors (Lipinski definition) is 7. The second-order valence-corrected chi connectivity index (χ2v) is 10.5. The molecular weight excluding hydrogens is 630 g/mol. The van der Waals surface area contributed by atoms with Gasteiger partial charge in [-0.15, -0.1) is 0 Å². The minimum absolute atomic E-state index is 0.0511. The third kappa shape index (κ3) is 7.58. The summed E-state index contributed by atoms with van der Waals surface area (Å²) in [5.74, 6) is -6.42. The molecule has 17 heteroatoms.